The molecule has 0 aliphatic rings. The van der Waals surface area contributed by atoms with Gasteiger partial charge < -0.3 is 20.4 Å². The quantitative estimate of drug-likeness (QED) is 0.698. The SMILES string of the molecule is CNc1nonc1N(C)CN(C)c1nonc1NC. The van der Waals surface area contributed by atoms with E-state index < -0.39 is 0 Å². The van der Waals surface area contributed by atoms with Gasteiger partial charge in [0.25, 0.3) is 0 Å². The molecule has 2 aromatic heterocycles. The van der Waals surface area contributed by atoms with Crippen molar-refractivity contribution >= 4 is 23.3 Å². The lowest BCUT2D eigenvalue weighted by Gasteiger charge is -2.23. The first-order valence-electron chi connectivity index (χ1n) is 5.60. The second kappa shape index (κ2) is 5.42. The van der Waals surface area contributed by atoms with Crippen molar-refractivity contribution in [2.24, 2.45) is 0 Å². The zero-order chi connectivity index (χ0) is 13.8. The molecule has 0 radical (unpaired) electrons. The molecule has 0 saturated heterocycles. The van der Waals surface area contributed by atoms with E-state index in [2.05, 4.69) is 31.3 Å². The Morgan fingerprint density at radius 2 is 1.26 bits per heavy atom. The summed E-state index contributed by atoms with van der Waals surface area (Å²) in [6, 6.07) is 0. The van der Waals surface area contributed by atoms with Crippen LogP contribution in [0, 0.1) is 0 Å². The van der Waals surface area contributed by atoms with Gasteiger partial charge in [-0.15, -0.1) is 0 Å². The van der Waals surface area contributed by atoms with Crippen molar-refractivity contribution in [3.05, 3.63) is 0 Å². The Labute approximate surface area is 109 Å². The van der Waals surface area contributed by atoms with E-state index in [9.17, 15) is 0 Å². The van der Waals surface area contributed by atoms with Crippen LogP contribution in [0.2, 0.25) is 0 Å². The Hall–Kier alpha value is -2.52. The molecule has 10 heteroatoms. The molecule has 0 amide bonds. The number of anilines is 4. The first kappa shape index (κ1) is 12.9. The Morgan fingerprint density at radius 1 is 0.842 bits per heavy atom. The molecule has 2 N–H and O–H groups in total. The molecule has 2 aromatic rings. The summed E-state index contributed by atoms with van der Waals surface area (Å²) >= 11 is 0. The van der Waals surface area contributed by atoms with E-state index in [4.69, 9.17) is 9.26 Å². The molecule has 0 bridgehead atoms. The maximum absolute atomic E-state index is 4.69. The van der Waals surface area contributed by atoms with Gasteiger partial charge in [-0.1, -0.05) is 0 Å². The van der Waals surface area contributed by atoms with Crippen LogP contribution in [-0.4, -0.2) is 55.5 Å². The Bertz CT molecular complexity index is 478. The molecular weight excluding hydrogens is 252 g/mol. The molecule has 10 nitrogen and oxygen atoms in total. The van der Waals surface area contributed by atoms with Gasteiger partial charge in [0, 0.05) is 28.2 Å². The number of rotatable bonds is 6. The third-order valence-electron chi connectivity index (χ3n) is 2.56. The molecule has 0 fully saturated rings. The van der Waals surface area contributed by atoms with Gasteiger partial charge in [0.2, 0.25) is 23.3 Å². The summed E-state index contributed by atoms with van der Waals surface area (Å²) in [5, 5.41) is 21.0. The topological polar surface area (TPSA) is 108 Å². The molecule has 0 spiro atoms. The van der Waals surface area contributed by atoms with Gasteiger partial charge in [-0.05, 0) is 20.6 Å². The normalized spacial score (nSPS) is 10.3. The lowest BCUT2D eigenvalue weighted by molar-refractivity contribution is 0.308. The number of nitrogens with zero attached hydrogens (tertiary/aromatic N) is 6. The van der Waals surface area contributed by atoms with Crippen LogP contribution in [0.15, 0.2) is 9.26 Å². The van der Waals surface area contributed by atoms with Gasteiger partial charge in [0.1, 0.15) is 0 Å². The summed E-state index contributed by atoms with van der Waals surface area (Å²) in [5.41, 5.74) is 0. The first-order valence-corrected chi connectivity index (χ1v) is 5.60. The summed E-state index contributed by atoms with van der Waals surface area (Å²) in [6.45, 7) is 0.506. The van der Waals surface area contributed by atoms with Gasteiger partial charge in [0.05, 0.1) is 6.67 Å². The van der Waals surface area contributed by atoms with E-state index >= 15 is 0 Å². The maximum Gasteiger partial charge on any atom is 0.218 e. The second-order valence-corrected chi connectivity index (χ2v) is 3.91. The summed E-state index contributed by atoms with van der Waals surface area (Å²) in [7, 11) is 7.23. The Balaban J connectivity index is 2.08. The highest BCUT2D eigenvalue weighted by atomic mass is 16.6. The zero-order valence-corrected chi connectivity index (χ0v) is 11.2. The number of aromatic nitrogens is 4. The Kier molecular flexibility index (Phi) is 3.68. The van der Waals surface area contributed by atoms with E-state index in [1.54, 1.807) is 14.1 Å². The lowest BCUT2D eigenvalue weighted by Crippen LogP contribution is -2.34. The van der Waals surface area contributed by atoms with Gasteiger partial charge in [-0.2, -0.15) is 0 Å². The third-order valence-corrected chi connectivity index (χ3v) is 2.56. The van der Waals surface area contributed by atoms with Crippen LogP contribution in [0.1, 0.15) is 0 Å². The van der Waals surface area contributed by atoms with Gasteiger partial charge in [-0.25, -0.2) is 9.26 Å². The van der Waals surface area contributed by atoms with E-state index in [0.29, 0.717) is 29.9 Å². The molecule has 0 unspecified atom stereocenters. The van der Waals surface area contributed by atoms with E-state index in [0.717, 1.165) is 0 Å². The van der Waals surface area contributed by atoms with Gasteiger partial charge >= 0.3 is 0 Å². The van der Waals surface area contributed by atoms with Crippen molar-refractivity contribution in [2.75, 3.05) is 55.3 Å². The fourth-order valence-electron chi connectivity index (χ4n) is 1.64. The van der Waals surface area contributed by atoms with Crippen LogP contribution in [0.4, 0.5) is 23.3 Å². The fraction of sp³-hybridized carbons (Fsp3) is 0.556. The summed E-state index contributed by atoms with van der Waals surface area (Å²) in [5.74, 6) is 2.36. The monoisotopic (exact) mass is 268 g/mol. The largest absolute Gasteiger partial charge is 0.367 e. The minimum Gasteiger partial charge on any atom is -0.367 e. The molecule has 19 heavy (non-hydrogen) atoms. The molecule has 104 valence electrons. The highest BCUT2D eigenvalue weighted by Crippen LogP contribution is 2.22. The van der Waals surface area contributed by atoms with Crippen LogP contribution in [-0.2, 0) is 0 Å². The predicted octanol–water partition coefficient (Wildman–Crippen LogP) is 0.0661. The average molecular weight is 268 g/mol. The molecule has 0 aromatic carbocycles. The van der Waals surface area contributed by atoms with Gasteiger partial charge in [-0.3, -0.25) is 0 Å². The van der Waals surface area contributed by atoms with Crippen molar-refractivity contribution < 1.29 is 9.26 Å². The van der Waals surface area contributed by atoms with E-state index in [-0.39, 0.29) is 0 Å². The van der Waals surface area contributed by atoms with Crippen LogP contribution in [0.3, 0.4) is 0 Å². The van der Waals surface area contributed by atoms with Crippen molar-refractivity contribution in [3.63, 3.8) is 0 Å². The second-order valence-electron chi connectivity index (χ2n) is 3.91. The number of hydrogen-bond donors (Lipinski definition) is 2. The van der Waals surface area contributed by atoms with E-state index in [1.165, 1.54) is 0 Å². The smallest absolute Gasteiger partial charge is 0.218 e. The number of hydrogen-bond acceptors (Lipinski definition) is 10. The fourth-order valence-corrected chi connectivity index (χ4v) is 1.64. The average Bonchev–Trinajstić information content (AvgIpc) is 3.06. The molecular formula is C9H16N8O2. The van der Waals surface area contributed by atoms with Crippen molar-refractivity contribution in [1.29, 1.82) is 0 Å². The minimum absolute atomic E-state index is 0.506. The standard InChI is InChI=1S/C9H16N8O2/c1-10-6-8(14-18-12-6)16(3)5-17(4)9-7(11-2)13-19-15-9/h5H2,1-4H3,(H,10,12)(H,11,13). The third kappa shape index (κ3) is 2.51. The molecule has 2 heterocycles. The van der Waals surface area contributed by atoms with Crippen LogP contribution >= 0.6 is 0 Å². The lowest BCUT2D eigenvalue weighted by atomic mass is 10.5. The van der Waals surface area contributed by atoms with Crippen molar-refractivity contribution in [1.82, 2.24) is 20.6 Å². The minimum atomic E-state index is 0.506. The highest BCUT2D eigenvalue weighted by molar-refractivity contribution is 5.62. The van der Waals surface area contributed by atoms with Crippen LogP contribution in [0.25, 0.3) is 0 Å². The highest BCUT2D eigenvalue weighted by Gasteiger charge is 2.18. The van der Waals surface area contributed by atoms with Gasteiger partial charge in [0.15, 0.2) is 0 Å². The van der Waals surface area contributed by atoms with Crippen LogP contribution < -0.4 is 20.4 Å². The number of nitrogens with one attached hydrogen (secondary N) is 2. The predicted molar refractivity (Wildman–Crippen MR) is 69.4 cm³/mol. The molecule has 2 rings (SSSR count). The molecule has 0 aliphatic carbocycles. The molecule has 0 atom stereocenters. The summed E-state index contributed by atoms with van der Waals surface area (Å²) in [6.07, 6.45) is 0. The van der Waals surface area contributed by atoms with Crippen molar-refractivity contribution in [2.45, 2.75) is 0 Å². The zero-order valence-electron chi connectivity index (χ0n) is 11.2. The molecule has 0 saturated carbocycles. The maximum atomic E-state index is 4.69. The summed E-state index contributed by atoms with van der Waals surface area (Å²) in [4.78, 5) is 3.72. The Morgan fingerprint density at radius 3 is 1.63 bits per heavy atom. The van der Waals surface area contributed by atoms with Crippen LogP contribution in [0.5, 0.6) is 0 Å². The summed E-state index contributed by atoms with van der Waals surface area (Å²) < 4.78 is 9.39. The first-order chi connectivity index (χ1) is 9.17. The van der Waals surface area contributed by atoms with E-state index in [1.807, 2.05) is 23.9 Å². The van der Waals surface area contributed by atoms with Crippen molar-refractivity contribution in [3.8, 4) is 0 Å². The molecule has 0 aliphatic heterocycles.